The van der Waals surface area contributed by atoms with Crippen LogP contribution in [0.2, 0.25) is 0 Å². The summed E-state index contributed by atoms with van der Waals surface area (Å²) in [5, 5.41) is 0. The van der Waals surface area contributed by atoms with E-state index in [1.165, 1.54) is 18.3 Å². The molecule has 0 aliphatic rings. The van der Waals surface area contributed by atoms with Gasteiger partial charge in [0.05, 0.1) is 0 Å². The van der Waals surface area contributed by atoms with Gasteiger partial charge < -0.3 is 0 Å². The van der Waals surface area contributed by atoms with E-state index in [-0.39, 0.29) is 0 Å². The van der Waals surface area contributed by atoms with Gasteiger partial charge in [-0.15, -0.1) is 0 Å². The second-order valence-corrected chi connectivity index (χ2v) is 13.5. The molecule has 2 aromatic carbocycles. The van der Waals surface area contributed by atoms with Crippen molar-refractivity contribution < 1.29 is 0 Å². The number of benzene rings is 2. The average molecular weight is 423 g/mol. The molecule has 0 aliphatic carbocycles. The van der Waals surface area contributed by atoms with Crippen molar-refractivity contribution in [3.05, 3.63) is 59.7 Å². The topological polar surface area (TPSA) is 6.48 Å². The minimum absolute atomic E-state index is 0.947. The van der Waals surface area contributed by atoms with Crippen molar-refractivity contribution in [1.29, 1.82) is 0 Å². The van der Waals surface area contributed by atoms with Crippen LogP contribution in [0.25, 0.3) is 0 Å². The second-order valence-electron chi connectivity index (χ2n) is 6.10. The molecule has 1 radical (unpaired) electrons. The molecule has 0 unspecified atom stereocenters. The Labute approximate surface area is 145 Å². The van der Waals surface area contributed by atoms with Crippen molar-refractivity contribution in [2.45, 2.75) is 13.1 Å². The van der Waals surface area contributed by atoms with Crippen LogP contribution in [-0.2, 0) is 13.1 Å². The standard InChI is InChI=1S/2C9H12N.ClH.Sn/c2*1-10(2)8-9-6-4-3-5-7-9;;/h2*3-6H,8H2,1-2H3;1H;/q;;;+1/p-1. The fourth-order valence-corrected chi connectivity index (χ4v) is 9.79. The Morgan fingerprint density at radius 3 is 1.45 bits per heavy atom. The van der Waals surface area contributed by atoms with Crippen molar-refractivity contribution in [3.63, 3.8) is 0 Å². The Bertz CT molecular complexity index is 560. The van der Waals surface area contributed by atoms with Crippen molar-refractivity contribution in [3.8, 4) is 0 Å². The van der Waals surface area contributed by atoms with E-state index in [9.17, 15) is 0 Å². The third-order valence-electron chi connectivity index (χ3n) is 3.48. The minimum atomic E-state index is -2.35. The number of nitrogens with zero attached hydrogens (tertiary/aromatic N) is 2. The Kier molecular flexibility index (Phi) is 6.75. The molecular weight excluding hydrogens is 398 g/mol. The van der Waals surface area contributed by atoms with Crippen molar-refractivity contribution >= 4 is 34.7 Å². The van der Waals surface area contributed by atoms with E-state index >= 15 is 0 Å². The molecule has 0 heterocycles. The predicted molar refractivity (Wildman–Crippen MR) is 98.5 cm³/mol. The molecule has 0 aliphatic heterocycles. The van der Waals surface area contributed by atoms with Crippen LogP contribution in [0.1, 0.15) is 11.1 Å². The SMILES string of the molecule is CN(C)Cc1cccc[c]1[Sn]([Cl])[c]1ccccc1CN(C)C. The summed E-state index contributed by atoms with van der Waals surface area (Å²) >= 11 is -2.35. The van der Waals surface area contributed by atoms with E-state index in [0.717, 1.165) is 13.1 Å². The summed E-state index contributed by atoms with van der Waals surface area (Å²) in [7, 11) is 15.5. The van der Waals surface area contributed by atoms with Crippen LogP contribution in [0.15, 0.2) is 48.5 Å². The van der Waals surface area contributed by atoms with Crippen LogP contribution in [0.5, 0.6) is 0 Å². The van der Waals surface area contributed by atoms with E-state index in [1.54, 1.807) is 0 Å². The monoisotopic (exact) mass is 423 g/mol. The van der Waals surface area contributed by atoms with Gasteiger partial charge in [-0.05, 0) is 0 Å². The molecule has 117 valence electrons. The van der Waals surface area contributed by atoms with Gasteiger partial charge in [0.2, 0.25) is 0 Å². The Morgan fingerprint density at radius 2 is 1.09 bits per heavy atom. The van der Waals surface area contributed by atoms with Crippen LogP contribution in [0, 0.1) is 0 Å². The van der Waals surface area contributed by atoms with Gasteiger partial charge in [0.15, 0.2) is 0 Å². The summed E-state index contributed by atoms with van der Waals surface area (Å²) in [5.41, 5.74) is 2.74. The summed E-state index contributed by atoms with van der Waals surface area (Å²) in [6.07, 6.45) is 0. The molecular formula is C18H24ClN2Sn. The summed E-state index contributed by atoms with van der Waals surface area (Å²) in [4.78, 5) is 4.41. The van der Waals surface area contributed by atoms with Crippen molar-refractivity contribution in [2.75, 3.05) is 28.2 Å². The maximum absolute atomic E-state index is 7.07. The summed E-state index contributed by atoms with van der Waals surface area (Å²) in [6.45, 7) is 1.89. The quantitative estimate of drug-likeness (QED) is 0.659. The fraction of sp³-hybridized carbons (Fsp3) is 0.333. The van der Waals surface area contributed by atoms with Gasteiger partial charge in [0.25, 0.3) is 0 Å². The molecule has 0 bridgehead atoms. The van der Waals surface area contributed by atoms with E-state index in [2.05, 4.69) is 86.5 Å². The number of halogens is 1. The summed E-state index contributed by atoms with van der Waals surface area (Å²) in [5.74, 6) is 0. The average Bonchev–Trinajstić information content (AvgIpc) is 2.46. The van der Waals surface area contributed by atoms with Gasteiger partial charge in [-0.25, -0.2) is 0 Å². The van der Waals surface area contributed by atoms with Gasteiger partial charge in [-0.2, -0.15) is 0 Å². The molecule has 0 saturated carbocycles. The molecule has 2 rings (SSSR count). The molecule has 0 spiro atoms. The molecule has 0 amide bonds. The first-order chi connectivity index (χ1) is 10.5. The van der Waals surface area contributed by atoms with Gasteiger partial charge >= 0.3 is 145 Å². The normalized spacial score (nSPS) is 11.6. The fourth-order valence-electron chi connectivity index (χ4n) is 2.57. The first-order valence-electron chi connectivity index (χ1n) is 7.47. The Hall–Kier alpha value is -0.551. The van der Waals surface area contributed by atoms with Crippen molar-refractivity contribution in [1.82, 2.24) is 9.80 Å². The first-order valence-corrected chi connectivity index (χ1v) is 13.9. The maximum atomic E-state index is 7.07. The zero-order chi connectivity index (χ0) is 16.1. The molecule has 0 saturated heterocycles. The molecule has 0 N–H and O–H groups in total. The molecule has 22 heavy (non-hydrogen) atoms. The van der Waals surface area contributed by atoms with Crippen LogP contribution in [0.4, 0.5) is 0 Å². The second kappa shape index (κ2) is 8.34. The van der Waals surface area contributed by atoms with Gasteiger partial charge in [-0.1, -0.05) is 0 Å². The zero-order valence-corrected chi connectivity index (χ0v) is 17.4. The van der Waals surface area contributed by atoms with Gasteiger partial charge in [-0.3, -0.25) is 0 Å². The molecule has 2 nitrogen and oxygen atoms in total. The van der Waals surface area contributed by atoms with E-state index in [1.807, 2.05) is 0 Å². The van der Waals surface area contributed by atoms with Crippen LogP contribution in [-0.4, -0.2) is 56.6 Å². The molecule has 0 fully saturated rings. The van der Waals surface area contributed by atoms with Crippen molar-refractivity contribution in [2.24, 2.45) is 0 Å². The Morgan fingerprint density at radius 1 is 0.727 bits per heavy atom. The Balaban J connectivity index is 2.38. The summed E-state index contributed by atoms with van der Waals surface area (Å²) < 4.78 is 2.79. The molecule has 0 aromatic heterocycles. The van der Waals surface area contributed by atoms with Crippen LogP contribution >= 0.6 is 8.92 Å². The number of hydrogen-bond acceptors (Lipinski definition) is 2. The third kappa shape index (κ3) is 4.72. The van der Waals surface area contributed by atoms with Gasteiger partial charge in [0, 0.05) is 0 Å². The molecule has 0 atom stereocenters. The first kappa shape index (κ1) is 17.8. The van der Waals surface area contributed by atoms with Crippen LogP contribution < -0.4 is 7.16 Å². The zero-order valence-electron chi connectivity index (χ0n) is 13.8. The van der Waals surface area contributed by atoms with E-state index in [0.29, 0.717) is 0 Å². The van der Waals surface area contributed by atoms with Crippen LogP contribution in [0.3, 0.4) is 0 Å². The molecule has 4 heteroatoms. The number of hydrogen-bond donors (Lipinski definition) is 0. The molecule has 2 aromatic rings. The van der Waals surface area contributed by atoms with E-state index < -0.39 is 18.6 Å². The van der Waals surface area contributed by atoms with Gasteiger partial charge in [0.1, 0.15) is 0 Å². The third-order valence-corrected chi connectivity index (χ3v) is 11.7. The number of rotatable bonds is 6. The van der Waals surface area contributed by atoms with E-state index in [4.69, 9.17) is 8.92 Å². The predicted octanol–water partition coefficient (Wildman–Crippen LogP) is 2.15. The summed E-state index contributed by atoms with van der Waals surface area (Å²) in [6, 6.07) is 17.3.